The molecular formula is C8H16O5. The van der Waals surface area contributed by atoms with E-state index in [-0.39, 0.29) is 0 Å². The largest absolute Gasteiger partial charge is 0.508 e. The summed E-state index contributed by atoms with van der Waals surface area (Å²) >= 11 is 0. The summed E-state index contributed by atoms with van der Waals surface area (Å²) in [6.45, 7) is 7.11. The van der Waals surface area contributed by atoms with Crippen molar-refractivity contribution >= 4 is 6.16 Å². The van der Waals surface area contributed by atoms with Gasteiger partial charge in [0, 0.05) is 6.42 Å². The summed E-state index contributed by atoms with van der Waals surface area (Å²) in [7, 11) is 0. The molecule has 0 fully saturated rings. The van der Waals surface area contributed by atoms with E-state index in [4.69, 9.17) is 14.9 Å². The predicted molar refractivity (Wildman–Crippen MR) is 45.1 cm³/mol. The highest BCUT2D eigenvalue weighted by Gasteiger charge is 2.18. The molecule has 0 rings (SSSR count). The van der Waals surface area contributed by atoms with Crippen LogP contribution in [0.2, 0.25) is 0 Å². The molecule has 0 aromatic rings. The van der Waals surface area contributed by atoms with Gasteiger partial charge in [0.1, 0.15) is 0 Å². The number of hydrogen-bond donors (Lipinski definition) is 1. The van der Waals surface area contributed by atoms with Gasteiger partial charge in [-0.1, -0.05) is 6.92 Å². The molecular weight excluding hydrogens is 176 g/mol. The Morgan fingerprint density at radius 1 is 1.46 bits per heavy atom. The molecule has 5 nitrogen and oxygen atoms in total. The summed E-state index contributed by atoms with van der Waals surface area (Å²) in [5.74, 6) is 0. The quantitative estimate of drug-likeness (QED) is 0.320. The summed E-state index contributed by atoms with van der Waals surface area (Å²) in [5, 5.41) is 8.29. The molecule has 0 bridgehead atoms. The van der Waals surface area contributed by atoms with E-state index in [1.54, 1.807) is 27.7 Å². The van der Waals surface area contributed by atoms with E-state index >= 15 is 0 Å². The highest BCUT2D eigenvalue weighted by Crippen LogP contribution is 2.11. The van der Waals surface area contributed by atoms with E-state index in [0.717, 1.165) is 0 Å². The highest BCUT2D eigenvalue weighted by molar-refractivity contribution is 5.56. The van der Waals surface area contributed by atoms with Gasteiger partial charge in [-0.2, -0.15) is 4.89 Å². The van der Waals surface area contributed by atoms with E-state index in [9.17, 15) is 4.79 Å². The third-order valence-corrected chi connectivity index (χ3v) is 0.971. The van der Waals surface area contributed by atoms with Crippen molar-refractivity contribution in [3.63, 3.8) is 0 Å². The number of hydrogen-bond acceptors (Lipinski definition) is 4. The van der Waals surface area contributed by atoms with Crippen LogP contribution in [0.5, 0.6) is 0 Å². The van der Waals surface area contributed by atoms with Crippen LogP contribution in [-0.2, 0) is 14.5 Å². The Morgan fingerprint density at radius 3 is 2.31 bits per heavy atom. The third-order valence-electron chi connectivity index (χ3n) is 0.971. The van der Waals surface area contributed by atoms with Gasteiger partial charge < -0.3 is 9.84 Å². The second-order valence-electron chi connectivity index (χ2n) is 3.51. The van der Waals surface area contributed by atoms with Crippen LogP contribution in [0.4, 0.5) is 4.79 Å². The first-order valence-corrected chi connectivity index (χ1v) is 4.09. The molecule has 1 atom stereocenters. The van der Waals surface area contributed by atoms with Crippen LogP contribution in [0.1, 0.15) is 34.1 Å². The maximum Gasteiger partial charge on any atom is 0.508 e. The van der Waals surface area contributed by atoms with Crippen LogP contribution in [0.25, 0.3) is 0 Å². The molecule has 0 aromatic carbocycles. The van der Waals surface area contributed by atoms with Gasteiger partial charge in [0.2, 0.25) is 6.29 Å². The lowest BCUT2D eigenvalue weighted by atomic mass is 10.2. The minimum absolute atomic E-state index is 0.405. The van der Waals surface area contributed by atoms with E-state index in [1.807, 2.05) is 0 Å². The van der Waals surface area contributed by atoms with Gasteiger partial charge in [0.15, 0.2) is 0 Å². The number of carboxylic acid groups (broad SMARTS) is 1. The molecule has 0 radical (unpaired) electrons. The lowest BCUT2D eigenvalue weighted by Gasteiger charge is -2.21. The maximum absolute atomic E-state index is 10.1. The van der Waals surface area contributed by atoms with Crippen molar-refractivity contribution in [2.45, 2.75) is 46.0 Å². The van der Waals surface area contributed by atoms with Crippen LogP contribution in [0.15, 0.2) is 0 Å². The van der Waals surface area contributed by atoms with Gasteiger partial charge in [-0.15, -0.1) is 0 Å². The molecule has 78 valence electrons. The fourth-order valence-corrected chi connectivity index (χ4v) is 0.481. The summed E-state index contributed by atoms with van der Waals surface area (Å²) in [6, 6.07) is 0. The molecule has 0 aromatic heterocycles. The second kappa shape index (κ2) is 5.04. The minimum atomic E-state index is -1.37. The molecule has 0 saturated carbocycles. The van der Waals surface area contributed by atoms with Crippen LogP contribution in [0, 0.1) is 0 Å². The summed E-state index contributed by atoms with van der Waals surface area (Å²) in [5.41, 5.74) is -0.477. The molecule has 0 aliphatic heterocycles. The van der Waals surface area contributed by atoms with Crippen molar-refractivity contribution in [2.24, 2.45) is 0 Å². The van der Waals surface area contributed by atoms with E-state index in [0.29, 0.717) is 6.42 Å². The number of ether oxygens (including phenoxy) is 1. The normalized spacial score (nSPS) is 13.8. The first kappa shape index (κ1) is 12.2. The van der Waals surface area contributed by atoms with E-state index < -0.39 is 18.0 Å². The third kappa shape index (κ3) is 7.55. The Bertz CT molecular complexity index is 160. The zero-order valence-corrected chi connectivity index (χ0v) is 8.36. The Kier molecular flexibility index (Phi) is 4.72. The molecule has 5 heteroatoms. The van der Waals surface area contributed by atoms with Crippen LogP contribution in [-0.4, -0.2) is 23.2 Å². The predicted octanol–water partition coefficient (Wildman–Crippen LogP) is 2.16. The summed E-state index contributed by atoms with van der Waals surface area (Å²) < 4.78 is 4.36. The maximum atomic E-state index is 10.1. The molecule has 13 heavy (non-hydrogen) atoms. The SMILES string of the molecule is CCC(OOC(C)(C)C)OC(=O)O. The van der Waals surface area contributed by atoms with Crippen LogP contribution in [0.3, 0.4) is 0 Å². The summed E-state index contributed by atoms with van der Waals surface area (Å²) in [4.78, 5) is 19.8. The average molecular weight is 192 g/mol. The van der Waals surface area contributed by atoms with Crippen molar-refractivity contribution in [3.05, 3.63) is 0 Å². The topological polar surface area (TPSA) is 65.0 Å². The smallest absolute Gasteiger partial charge is 0.450 e. The Labute approximate surface area is 77.5 Å². The Hall–Kier alpha value is -0.810. The van der Waals surface area contributed by atoms with E-state index in [2.05, 4.69) is 4.74 Å². The van der Waals surface area contributed by atoms with Gasteiger partial charge in [0.05, 0.1) is 5.60 Å². The van der Waals surface area contributed by atoms with Crippen molar-refractivity contribution in [2.75, 3.05) is 0 Å². The van der Waals surface area contributed by atoms with Gasteiger partial charge in [-0.3, -0.25) is 0 Å². The van der Waals surface area contributed by atoms with Gasteiger partial charge >= 0.3 is 6.16 Å². The monoisotopic (exact) mass is 192 g/mol. The zero-order chi connectivity index (χ0) is 10.5. The number of carbonyl (C=O) groups is 1. The van der Waals surface area contributed by atoms with Crippen molar-refractivity contribution in [1.82, 2.24) is 0 Å². The molecule has 1 N–H and O–H groups in total. The lowest BCUT2D eigenvalue weighted by Crippen LogP contribution is -2.26. The molecule has 0 amide bonds. The molecule has 0 aliphatic carbocycles. The first-order valence-electron chi connectivity index (χ1n) is 4.09. The van der Waals surface area contributed by atoms with Crippen molar-refractivity contribution < 1.29 is 24.4 Å². The summed E-state index contributed by atoms with van der Waals surface area (Å²) in [6.07, 6.45) is -1.83. The molecule has 1 unspecified atom stereocenters. The highest BCUT2D eigenvalue weighted by atomic mass is 17.2. The lowest BCUT2D eigenvalue weighted by molar-refractivity contribution is -0.408. The fraction of sp³-hybridized carbons (Fsp3) is 0.875. The Balaban J connectivity index is 3.79. The zero-order valence-electron chi connectivity index (χ0n) is 8.36. The minimum Gasteiger partial charge on any atom is -0.450 e. The first-order chi connectivity index (χ1) is 5.85. The Morgan fingerprint density at radius 2 is 2.00 bits per heavy atom. The van der Waals surface area contributed by atoms with E-state index in [1.165, 1.54) is 0 Å². The van der Waals surface area contributed by atoms with Crippen LogP contribution >= 0.6 is 0 Å². The molecule has 0 heterocycles. The fourth-order valence-electron chi connectivity index (χ4n) is 0.481. The molecule has 0 spiro atoms. The molecule has 0 aliphatic rings. The average Bonchev–Trinajstić information content (AvgIpc) is 1.95. The standard InChI is InChI=1S/C8H16O5/c1-5-6(11-7(9)10)12-13-8(2,3)4/h6H,5H2,1-4H3,(H,9,10). The van der Waals surface area contributed by atoms with Crippen molar-refractivity contribution in [3.8, 4) is 0 Å². The van der Waals surface area contributed by atoms with Crippen LogP contribution < -0.4 is 0 Å². The molecule has 0 saturated heterocycles. The second-order valence-corrected chi connectivity index (χ2v) is 3.51. The van der Waals surface area contributed by atoms with Gasteiger partial charge in [0.25, 0.3) is 0 Å². The van der Waals surface area contributed by atoms with Gasteiger partial charge in [-0.05, 0) is 20.8 Å². The van der Waals surface area contributed by atoms with Crippen molar-refractivity contribution in [1.29, 1.82) is 0 Å². The number of rotatable bonds is 4. The van der Waals surface area contributed by atoms with Gasteiger partial charge in [-0.25, -0.2) is 9.68 Å².